The summed E-state index contributed by atoms with van der Waals surface area (Å²) in [6, 6.07) is 1.09. The van der Waals surface area contributed by atoms with Gasteiger partial charge in [0.05, 0.1) is 12.6 Å². The van der Waals surface area contributed by atoms with Gasteiger partial charge in [-0.1, -0.05) is 0 Å². The lowest BCUT2D eigenvalue weighted by atomic mass is 10.1. The molecular weight excluding hydrogens is 200 g/mol. The molecule has 0 spiro atoms. The van der Waals surface area contributed by atoms with Gasteiger partial charge in [-0.15, -0.1) is 0 Å². The summed E-state index contributed by atoms with van der Waals surface area (Å²) < 4.78 is 50.5. The van der Waals surface area contributed by atoms with Crippen LogP contribution in [0, 0.1) is 41.2 Å². The first-order valence-corrected chi connectivity index (χ1v) is 3.18. The normalized spacial score (nSPS) is 9.29. The Bertz CT molecular complexity index is 437. The minimum atomic E-state index is -2.09. The van der Waals surface area contributed by atoms with Crippen molar-refractivity contribution in [3.8, 4) is 6.07 Å². The molecule has 0 aromatic heterocycles. The molecule has 0 heterocycles. The molecule has 0 saturated carbocycles. The van der Waals surface area contributed by atoms with Crippen LogP contribution < -0.4 is 0 Å². The Balaban J connectivity index is 3.79. The molecular formula is C8F4N2. The first kappa shape index (κ1) is 10.0. The van der Waals surface area contributed by atoms with E-state index in [0.29, 0.717) is 0 Å². The molecule has 0 saturated heterocycles. The summed E-state index contributed by atoms with van der Waals surface area (Å²) >= 11 is 0. The Morgan fingerprint density at radius 3 is 1.93 bits per heavy atom. The van der Waals surface area contributed by atoms with Crippen molar-refractivity contribution < 1.29 is 17.6 Å². The smallest absolute Gasteiger partial charge is 0.233 e. The van der Waals surface area contributed by atoms with Crippen LogP contribution in [0.1, 0.15) is 5.56 Å². The van der Waals surface area contributed by atoms with E-state index < -0.39 is 34.5 Å². The van der Waals surface area contributed by atoms with E-state index in [-0.39, 0.29) is 0 Å². The molecule has 0 bridgehead atoms. The molecule has 0 unspecified atom stereocenters. The van der Waals surface area contributed by atoms with Crippen molar-refractivity contribution in [1.29, 1.82) is 5.26 Å². The lowest BCUT2D eigenvalue weighted by Crippen LogP contribution is -1.99. The molecule has 0 aliphatic rings. The van der Waals surface area contributed by atoms with Crippen LogP contribution in [0.5, 0.6) is 0 Å². The van der Waals surface area contributed by atoms with E-state index in [1.807, 2.05) is 0 Å². The van der Waals surface area contributed by atoms with E-state index in [2.05, 4.69) is 4.85 Å². The highest BCUT2D eigenvalue weighted by atomic mass is 19.2. The van der Waals surface area contributed by atoms with Crippen LogP contribution in [0.3, 0.4) is 0 Å². The molecule has 6 heteroatoms. The molecule has 1 aromatic rings. The van der Waals surface area contributed by atoms with E-state index in [1.54, 1.807) is 0 Å². The SMILES string of the molecule is [C-]#[N+]c1c(F)c(F)c(F)c(F)c1C#N. The molecule has 0 aliphatic heterocycles. The zero-order chi connectivity index (χ0) is 10.9. The standard InChI is InChI=1S/C8F4N2/c1-14-8-3(2-13)4(9)5(10)6(11)7(8)12. The van der Waals surface area contributed by atoms with Crippen molar-refractivity contribution in [2.75, 3.05) is 0 Å². The van der Waals surface area contributed by atoms with Crippen molar-refractivity contribution in [2.45, 2.75) is 0 Å². The second kappa shape index (κ2) is 3.35. The van der Waals surface area contributed by atoms with E-state index in [4.69, 9.17) is 11.8 Å². The molecule has 0 radical (unpaired) electrons. The van der Waals surface area contributed by atoms with Crippen LogP contribution in [0.25, 0.3) is 4.85 Å². The van der Waals surface area contributed by atoms with Gasteiger partial charge < -0.3 is 0 Å². The van der Waals surface area contributed by atoms with Crippen LogP contribution >= 0.6 is 0 Å². The molecule has 1 rings (SSSR count). The third-order valence-electron chi connectivity index (χ3n) is 1.47. The number of halogens is 4. The van der Waals surface area contributed by atoms with E-state index in [1.165, 1.54) is 0 Å². The van der Waals surface area contributed by atoms with Crippen molar-refractivity contribution >= 4 is 5.69 Å². The number of hydrogen-bond acceptors (Lipinski definition) is 1. The first-order chi connectivity index (χ1) is 6.54. The predicted octanol–water partition coefficient (Wildman–Crippen LogP) is 2.67. The lowest BCUT2D eigenvalue weighted by molar-refractivity contribution is 0.410. The van der Waals surface area contributed by atoms with Gasteiger partial charge in [0.15, 0.2) is 23.3 Å². The average molecular weight is 200 g/mol. The predicted molar refractivity (Wildman–Crippen MR) is 37.3 cm³/mol. The Labute approximate surface area is 75.8 Å². The second-order valence-corrected chi connectivity index (χ2v) is 2.20. The average Bonchev–Trinajstić information content (AvgIpc) is 2.20. The highest BCUT2D eigenvalue weighted by Gasteiger charge is 2.25. The third kappa shape index (κ3) is 1.17. The fraction of sp³-hybridized carbons (Fsp3) is 0. The summed E-state index contributed by atoms with van der Waals surface area (Å²) in [7, 11) is 0. The van der Waals surface area contributed by atoms with Gasteiger partial charge in [0.25, 0.3) is 0 Å². The van der Waals surface area contributed by atoms with Gasteiger partial charge in [-0.25, -0.2) is 22.4 Å². The van der Waals surface area contributed by atoms with Gasteiger partial charge in [-0.2, -0.15) is 5.26 Å². The summed E-state index contributed by atoms with van der Waals surface area (Å²) in [6.07, 6.45) is 0. The Kier molecular flexibility index (Phi) is 2.39. The molecule has 0 atom stereocenters. The topological polar surface area (TPSA) is 28.1 Å². The maximum Gasteiger partial charge on any atom is 0.245 e. The summed E-state index contributed by atoms with van der Waals surface area (Å²) in [6.45, 7) is 6.37. The fourth-order valence-electron chi connectivity index (χ4n) is 0.827. The third-order valence-corrected chi connectivity index (χ3v) is 1.47. The fourth-order valence-corrected chi connectivity index (χ4v) is 0.827. The summed E-state index contributed by atoms with van der Waals surface area (Å²) in [5, 5.41) is 8.28. The highest BCUT2D eigenvalue weighted by molar-refractivity contribution is 5.60. The van der Waals surface area contributed by atoms with Crippen molar-refractivity contribution in [1.82, 2.24) is 0 Å². The van der Waals surface area contributed by atoms with E-state index >= 15 is 0 Å². The van der Waals surface area contributed by atoms with Crippen molar-refractivity contribution in [3.05, 3.63) is 40.2 Å². The van der Waals surface area contributed by atoms with Gasteiger partial charge in [-0.3, -0.25) is 0 Å². The summed E-state index contributed by atoms with van der Waals surface area (Å²) in [4.78, 5) is 2.41. The first-order valence-electron chi connectivity index (χ1n) is 3.18. The van der Waals surface area contributed by atoms with Crippen molar-refractivity contribution in [2.24, 2.45) is 0 Å². The molecule has 0 amide bonds. The minimum Gasteiger partial charge on any atom is -0.233 e. The molecule has 2 nitrogen and oxygen atoms in total. The Hall–Kier alpha value is -2.08. The van der Waals surface area contributed by atoms with Crippen molar-refractivity contribution in [3.63, 3.8) is 0 Å². The number of nitrogens with zero attached hydrogens (tertiary/aromatic N) is 2. The maximum atomic E-state index is 12.7. The zero-order valence-corrected chi connectivity index (χ0v) is 6.41. The van der Waals surface area contributed by atoms with Gasteiger partial charge in [-0.05, 0) is 0 Å². The van der Waals surface area contributed by atoms with Crippen LogP contribution in [-0.2, 0) is 0 Å². The summed E-state index contributed by atoms with van der Waals surface area (Å²) in [5.74, 6) is -7.88. The molecule has 0 fully saturated rings. The van der Waals surface area contributed by atoms with Crippen LogP contribution in [0.15, 0.2) is 0 Å². The molecule has 0 N–H and O–H groups in total. The molecule has 14 heavy (non-hydrogen) atoms. The molecule has 70 valence electrons. The van der Waals surface area contributed by atoms with E-state index in [0.717, 1.165) is 6.07 Å². The quantitative estimate of drug-likeness (QED) is 0.274. The maximum absolute atomic E-state index is 12.7. The number of hydrogen-bond donors (Lipinski definition) is 0. The zero-order valence-electron chi connectivity index (χ0n) is 6.41. The van der Waals surface area contributed by atoms with E-state index in [9.17, 15) is 17.6 Å². The number of rotatable bonds is 0. The lowest BCUT2D eigenvalue weighted by Gasteiger charge is -2.01. The van der Waals surface area contributed by atoms with Crippen LogP contribution in [0.2, 0.25) is 0 Å². The van der Waals surface area contributed by atoms with Gasteiger partial charge in [0, 0.05) is 0 Å². The summed E-state index contributed by atoms with van der Waals surface area (Å²) in [5.41, 5.74) is -2.28. The minimum absolute atomic E-state index is 1.09. The monoisotopic (exact) mass is 200 g/mol. The highest BCUT2D eigenvalue weighted by Crippen LogP contribution is 2.29. The molecule has 0 aliphatic carbocycles. The van der Waals surface area contributed by atoms with Gasteiger partial charge in [0.2, 0.25) is 5.69 Å². The Morgan fingerprint density at radius 1 is 1.00 bits per heavy atom. The largest absolute Gasteiger partial charge is 0.245 e. The number of nitriles is 1. The van der Waals surface area contributed by atoms with Gasteiger partial charge >= 0.3 is 0 Å². The van der Waals surface area contributed by atoms with Crippen LogP contribution in [0.4, 0.5) is 23.2 Å². The molecule has 1 aromatic carbocycles. The number of benzene rings is 1. The second-order valence-electron chi connectivity index (χ2n) is 2.20. The van der Waals surface area contributed by atoms with Crippen LogP contribution in [-0.4, -0.2) is 0 Å². The van der Waals surface area contributed by atoms with Gasteiger partial charge in [0.1, 0.15) is 5.56 Å². The Morgan fingerprint density at radius 2 is 1.50 bits per heavy atom.